The van der Waals surface area contributed by atoms with Crippen molar-refractivity contribution in [1.82, 2.24) is 5.32 Å². The van der Waals surface area contributed by atoms with Crippen LogP contribution in [0.1, 0.15) is 22.7 Å². The standard InChI is InChI=1S/C12H20N2O4/c1-16-7-8-17-6-2-5-14-12(15)11-4-3-10(9-13)18-11/h3-4H,2,5-9,13H2,1H3,(H,14,15). The van der Waals surface area contributed by atoms with Crippen molar-refractivity contribution in [3.05, 3.63) is 23.7 Å². The Labute approximate surface area is 106 Å². The zero-order valence-electron chi connectivity index (χ0n) is 10.6. The second-order valence-corrected chi connectivity index (χ2v) is 3.68. The maximum absolute atomic E-state index is 11.6. The topological polar surface area (TPSA) is 86.7 Å². The van der Waals surface area contributed by atoms with Gasteiger partial charge in [-0.1, -0.05) is 0 Å². The first-order chi connectivity index (χ1) is 8.77. The van der Waals surface area contributed by atoms with Crippen LogP contribution in [0.15, 0.2) is 16.5 Å². The van der Waals surface area contributed by atoms with E-state index in [4.69, 9.17) is 19.6 Å². The van der Waals surface area contributed by atoms with Crippen LogP contribution in [0.25, 0.3) is 0 Å². The second-order valence-electron chi connectivity index (χ2n) is 3.68. The largest absolute Gasteiger partial charge is 0.455 e. The third-order valence-electron chi connectivity index (χ3n) is 2.27. The number of hydrogen-bond acceptors (Lipinski definition) is 5. The minimum absolute atomic E-state index is 0.230. The molecule has 1 rings (SSSR count). The molecule has 3 N–H and O–H groups in total. The number of hydrogen-bond donors (Lipinski definition) is 2. The van der Waals surface area contributed by atoms with E-state index in [0.717, 1.165) is 6.42 Å². The average molecular weight is 256 g/mol. The van der Waals surface area contributed by atoms with Gasteiger partial charge in [-0.15, -0.1) is 0 Å². The fraction of sp³-hybridized carbons (Fsp3) is 0.583. The summed E-state index contributed by atoms with van der Waals surface area (Å²) in [5.74, 6) is 0.658. The molecule has 0 spiro atoms. The average Bonchev–Trinajstić information content (AvgIpc) is 2.86. The number of carbonyl (C=O) groups is 1. The molecule has 0 saturated carbocycles. The number of nitrogens with one attached hydrogen (secondary N) is 1. The van der Waals surface area contributed by atoms with Crippen LogP contribution in [0.3, 0.4) is 0 Å². The molecule has 0 fully saturated rings. The van der Waals surface area contributed by atoms with Gasteiger partial charge < -0.3 is 24.9 Å². The molecule has 0 atom stereocenters. The van der Waals surface area contributed by atoms with Crippen molar-refractivity contribution in [1.29, 1.82) is 0 Å². The highest BCUT2D eigenvalue weighted by Crippen LogP contribution is 2.06. The van der Waals surface area contributed by atoms with Crippen molar-refractivity contribution in [2.45, 2.75) is 13.0 Å². The molecule has 0 unspecified atom stereocenters. The molecule has 0 bridgehead atoms. The fourth-order valence-electron chi connectivity index (χ4n) is 1.32. The number of carbonyl (C=O) groups excluding carboxylic acids is 1. The van der Waals surface area contributed by atoms with Crippen molar-refractivity contribution in [3.63, 3.8) is 0 Å². The van der Waals surface area contributed by atoms with Gasteiger partial charge in [-0.3, -0.25) is 4.79 Å². The molecule has 1 aromatic rings. The van der Waals surface area contributed by atoms with Crippen LogP contribution in [0, 0.1) is 0 Å². The monoisotopic (exact) mass is 256 g/mol. The summed E-state index contributed by atoms with van der Waals surface area (Å²) in [5, 5.41) is 2.74. The van der Waals surface area contributed by atoms with E-state index < -0.39 is 0 Å². The lowest BCUT2D eigenvalue weighted by atomic mass is 10.4. The third kappa shape index (κ3) is 5.31. The number of nitrogens with two attached hydrogens (primary N) is 1. The van der Waals surface area contributed by atoms with E-state index in [1.165, 1.54) is 0 Å². The van der Waals surface area contributed by atoms with Gasteiger partial charge in [0.2, 0.25) is 0 Å². The van der Waals surface area contributed by atoms with Gasteiger partial charge in [0.05, 0.1) is 19.8 Å². The Bertz CT molecular complexity index is 352. The van der Waals surface area contributed by atoms with E-state index in [1.807, 2.05) is 0 Å². The van der Waals surface area contributed by atoms with Crippen LogP contribution in [-0.4, -0.2) is 39.4 Å². The molecule has 6 heteroatoms. The quantitative estimate of drug-likeness (QED) is 0.629. The van der Waals surface area contributed by atoms with Gasteiger partial charge in [-0.25, -0.2) is 0 Å². The fourth-order valence-corrected chi connectivity index (χ4v) is 1.32. The summed E-state index contributed by atoms with van der Waals surface area (Å²) in [6, 6.07) is 3.31. The molecule has 0 saturated heterocycles. The second kappa shape index (κ2) is 8.68. The molecule has 0 radical (unpaired) electrons. The Morgan fingerprint density at radius 1 is 1.39 bits per heavy atom. The summed E-state index contributed by atoms with van der Waals surface area (Å²) in [7, 11) is 1.63. The van der Waals surface area contributed by atoms with E-state index in [-0.39, 0.29) is 11.7 Å². The highest BCUT2D eigenvalue weighted by Gasteiger charge is 2.09. The van der Waals surface area contributed by atoms with Gasteiger partial charge in [-0.2, -0.15) is 0 Å². The van der Waals surface area contributed by atoms with Gasteiger partial charge in [0.15, 0.2) is 5.76 Å². The predicted molar refractivity (Wildman–Crippen MR) is 66.2 cm³/mol. The smallest absolute Gasteiger partial charge is 0.286 e. The molecule has 1 heterocycles. The maximum atomic E-state index is 11.6. The first-order valence-corrected chi connectivity index (χ1v) is 5.91. The molecule has 0 aromatic carbocycles. The van der Waals surface area contributed by atoms with Crippen LogP contribution in [0.4, 0.5) is 0 Å². The number of furan rings is 1. The van der Waals surface area contributed by atoms with E-state index in [1.54, 1.807) is 19.2 Å². The lowest BCUT2D eigenvalue weighted by Crippen LogP contribution is -2.25. The Kier molecular flexibility index (Phi) is 7.09. The Morgan fingerprint density at radius 3 is 2.89 bits per heavy atom. The molecule has 102 valence electrons. The molecular weight excluding hydrogens is 236 g/mol. The van der Waals surface area contributed by atoms with E-state index in [0.29, 0.717) is 38.7 Å². The van der Waals surface area contributed by atoms with Crippen LogP contribution in [0.2, 0.25) is 0 Å². The number of rotatable bonds is 9. The van der Waals surface area contributed by atoms with Crippen molar-refractivity contribution >= 4 is 5.91 Å². The lowest BCUT2D eigenvalue weighted by Gasteiger charge is -2.04. The molecular formula is C12H20N2O4. The molecule has 1 aromatic heterocycles. The van der Waals surface area contributed by atoms with Crippen molar-refractivity contribution in [2.75, 3.05) is 33.5 Å². The van der Waals surface area contributed by atoms with Gasteiger partial charge in [0.1, 0.15) is 5.76 Å². The zero-order chi connectivity index (χ0) is 13.2. The van der Waals surface area contributed by atoms with Crippen molar-refractivity contribution in [2.24, 2.45) is 5.73 Å². The van der Waals surface area contributed by atoms with E-state index in [2.05, 4.69) is 5.32 Å². The molecule has 6 nitrogen and oxygen atoms in total. The normalized spacial score (nSPS) is 10.6. The number of ether oxygens (including phenoxy) is 2. The SMILES string of the molecule is COCCOCCCNC(=O)c1ccc(CN)o1. The molecule has 1 amide bonds. The first-order valence-electron chi connectivity index (χ1n) is 5.91. The Morgan fingerprint density at radius 2 is 2.22 bits per heavy atom. The molecule has 0 aliphatic heterocycles. The molecule has 0 aliphatic rings. The molecule has 0 aliphatic carbocycles. The van der Waals surface area contributed by atoms with Crippen LogP contribution in [-0.2, 0) is 16.0 Å². The van der Waals surface area contributed by atoms with Crippen LogP contribution >= 0.6 is 0 Å². The van der Waals surface area contributed by atoms with E-state index >= 15 is 0 Å². The maximum Gasteiger partial charge on any atom is 0.286 e. The summed E-state index contributed by atoms with van der Waals surface area (Å²) in [6.07, 6.45) is 0.750. The molecule has 18 heavy (non-hydrogen) atoms. The minimum atomic E-state index is -0.230. The highest BCUT2D eigenvalue weighted by atomic mass is 16.5. The predicted octanol–water partition coefficient (Wildman–Crippen LogP) is 0.521. The van der Waals surface area contributed by atoms with Crippen LogP contribution < -0.4 is 11.1 Å². The summed E-state index contributed by atoms with van der Waals surface area (Å²) in [5.41, 5.74) is 5.39. The van der Waals surface area contributed by atoms with Crippen molar-refractivity contribution in [3.8, 4) is 0 Å². The summed E-state index contributed by atoms with van der Waals surface area (Å²) in [4.78, 5) is 11.6. The first kappa shape index (κ1) is 14.7. The van der Waals surface area contributed by atoms with E-state index in [9.17, 15) is 4.79 Å². The Hall–Kier alpha value is -1.37. The summed E-state index contributed by atoms with van der Waals surface area (Å²) >= 11 is 0. The van der Waals surface area contributed by atoms with Gasteiger partial charge in [0.25, 0.3) is 5.91 Å². The summed E-state index contributed by atoms with van der Waals surface area (Å²) < 4.78 is 15.3. The van der Waals surface area contributed by atoms with Gasteiger partial charge in [-0.05, 0) is 18.6 Å². The highest BCUT2D eigenvalue weighted by molar-refractivity contribution is 5.91. The Balaban J connectivity index is 2.10. The van der Waals surface area contributed by atoms with Crippen molar-refractivity contribution < 1.29 is 18.7 Å². The number of methoxy groups -OCH3 is 1. The lowest BCUT2D eigenvalue weighted by molar-refractivity contribution is 0.0686. The van der Waals surface area contributed by atoms with Gasteiger partial charge in [0, 0.05) is 20.3 Å². The summed E-state index contributed by atoms with van der Waals surface area (Å²) in [6.45, 7) is 2.59. The van der Waals surface area contributed by atoms with Crippen LogP contribution in [0.5, 0.6) is 0 Å². The zero-order valence-corrected chi connectivity index (χ0v) is 10.6. The minimum Gasteiger partial charge on any atom is -0.455 e. The van der Waals surface area contributed by atoms with Gasteiger partial charge >= 0.3 is 0 Å². The number of amides is 1. The third-order valence-corrected chi connectivity index (χ3v) is 2.27.